The first-order chi connectivity index (χ1) is 7.98. The third kappa shape index (κ3) is 4.35. The fourth-order valence-electron chi connectivity index (χ4n) is 2.11. The summed E-state index contributed by atoms with van der Waals surface area (Å²) >= 11 is 0. The van der Waals surface area contributed by atoms with Crippen molar-refractivity contribution in [2.24, 2.45) is 11.3 Å². The fourth-order valence-corrected chi connectivity index (χ4v) is 2.11. The van der Waals surface area contributed by atoms with Gasteiger partial charge in [-0.2, -0.15) is 5.26 Å². The lowest BCUT2D eigenvalue weighted by Crippen LogP contribution is -2.40. The summed E-state index contributed by atoms with van der Waals surface area (Å²) in [5.41, 5.74) is -0.280. The lowest BCUT2D eigenvalue weighted by atomic mass is 9.90. The quantitative estimate of drug-likeness (QED) is 0.701. The van der Waals surface area contributed by atoms with Crippen LogP contribution in [-0.4, -0.2) is 37.6 Å². The second-order valence-electron chi connectivity index (χ2n) is 5.41. The van der Waals surface area contributed by atoms with Gasteiger partial charge in [0.05, 0.1) is 24.5 Å². The maximum Gasteiger partial charge on any atom is 0.309 e. The first-order valence-corrected chi connectivity index (χ1v) is 6.20. The molecular formula is C13H22N2O2. The molecule has 1 aliphatic heterocycles. The molecule has 1 fully saturated rings. The average molecular weight is 238 g/mol. The third-order valence-corrected chi connectivity index (χ3v) is 3.40. The summed E-state index contributed by atoms with van der Waals surface area (Å²) in [5, 5.41) is 8.96. The number of ether oxygens (including phenoxy) is 1. The van der Waals surface area contributed by atoms with Crippen LogP contribution in [-0.2, 0) is 9.53 Å². The lowest BCUT2D eigenvalue weighted by molar-refractivity contribution is -0.147. The van der Waals surface area contributed by atoms with E-state index in [-0.39, 0.29) is 17.3 Å². The van der Waals surface area contributed by atoms with Crippen molar-refractivity contribution in [2.75, 3.05) is 26.7 Å². The van der Waals surface area contributed by atoms with Gasteiger partial charge < -0.3 is 9.64 Å². The normalized spacial score (nSPS) is 21.9. The zero-order valence-corrected chi connectivity index (χ0v) is 11.0. The predicted octanol–water partition coefficient (Wildman–Crippen LogP) is 1.81. The number of carbonyl (C=O) groups excluding carboxylic acids is 1. The Balaban J connectivity index is 2.40. The smallest absolute Gasteiger partial charge is 0.309 e. The minimum absolute atomic E-state index is 0.0129. The molecule has 0 aromatic carbocycles. The van der Waals surface area contributed by atoms with Crippen LogP contribution in [0.25, 0.3) is 0 Å². The molecule has 1 heterocycles. The summed E-state index contributed by atoms with van der Waals surface area (Å²) < 4.78 is 4.79. The Morgan fingerprint density at radius 3 is 2.88 bits per heavy atom. The zero-order valence-electron chi connectivity index (χ0n) is 11.0. The van der Waals surface area contributed by atoms with Gasteiger partial charge >= 0.3 is 5.97 Å². The van der Waals surface area contributed by atoms with Crippen molar-refractivity contribution in [2.45, 2.75) is 33.1 Å². The van der Waals surface area contributed by atoms with Gasteiger partial charge in [-0.25, -0.2) is 0 Å². The van der Waals surface area contributed by atoms with Crippen molar-refractivity contribution in [1.82, 2.24) is 4.90 Å². The number of hydrogen-bond donors (Lipinski definition) is 0. The van der Waals surface area contributed by atoms with Crippen LogP contribution in [0, 0.1) is 22.7 Å². The van der Waals surface area contributed by atoms with Gasteiger partial charge in [-0.15, -0.1) is 0 Å². The largest absolute Gasteiger partial charge is 0.469 e. The van der Waals surface area contributed by atoms with Crippen LogP contribution in [0.5, 0.6) is 0 Å². The SMILES string of the molecule is COC(=O)C1CCCN(CCC(C)(C)C#N)C1. The number of methoxy groups -OCH3 is 1. The van der Waals surface area contributed by atoms with Crippen molar-refractivity contribution in [1.29, 1.82) is 5.26 Å². The Bertz CT molecular complexity index is 307. The van der Waals surface area contributed by atoms with Gasteiger partial charge in [0, 0.05) is 6.54 Å². The maximum absolute atomic E-state index is 11.5. The molecule has 0 aromatic heterocycles. The minimum atomic E-state index is -0.280. The highest BCUT2D eigenvalue weighted by atomic mass is 16.5. The monoisotopic (exact) mass is 238 g/mol. The van der Waals surface area contributed by atoms with Crippen LogP contribution < -0.4 is 0 Å². The molecule has 4 nitrogen and oxygen atoms in total. The van der Waals surface area contributed by atoms with Crippen LogP contribution in [0.4, 0.5) is 0 Å². The van der Waals surface area contributed by atoms with E-state index in [9.17, 15) is 4.79 Å². The number of rotatable bonds is 4. The van der Waals surface area contributed by atoms with E-state index in [4.69, 9.17) is 10.00 Å². The highest BCUT2D eigenvalue weighted by Gasteiger charge is 2.27. The first kappa shape index (κ1) is 14.0. The Morgan fingerprint density at radius 1 is 1.59 bits per heavy atom. The molecule has 0 aliphatic carbocycles. The molecule has 1 rings (SSSR count). The number of esters is 1. The van der Waals surface area contributed by atoms with E-state index in [0.29, 0.717) is 0 Å². The molecule has 1 unspecified atom stereocenters. The van der Waals surface area contributed by atoms with Gasteiger partial charge in [-0.05, 0) is 46.2 Å². The molecule has 1 aliphatic rings. The molecule has 0 N–H and O–H groups in total. The van der Waals surface area contributed by atoms with Crippen molar-refractivity contribution < 1.29 is 9.53 Å². The summed E-state index contributed by atoms with van der Waals surface area (Å²) in [4.78, 5) is 13.7. The molecule has 0 radical (unpaired) electrons. The van der Waals surface area contributed by atoms with Gasteiger partial charge in [0.15, 0.2) is 0 Å². The van der Waals surface area contributed by atoms with Crippen LogP contribution in [0.2, 0.25) is 0 Å². The Hall–Kier alpha value is -1.08. The summed E-state index contributed by atoms with van der Waals surface area (Å²) in [7, 11) is 1.44. The van der Waals surface area contributed by atoms with Crippen molar-refractivity contribution in [3.63, 3.8) is 0 Å². The van der Waals surface area contributed by atoms with Gasteiger partial charge in [-0.3, -0.25) is 4.79 Å². The Morgan fingerprint density at radius 2 is 2.29 bits per heavy atom. The van der Waals surface area contributed by atoms with Crippen molar-refractivity contribution in [3.05, 3.63) is 0 Å². The molecular weight excluding hydrogens is 216 g/mol. The fraction of sp³-hybridized carbons (Fsp3) is 0.846. The first-order valence-electron chi connectivity index (χ1n) is 6.20. The Kier molecular flexibility index (Phi) is 4.95. The lowest BCUT2D eigenvalue weighted by Gasteiger charge is -2.32. The van der Waals surface area contributed by atoms with Crippen LogP contribution in [0.1, 0.15) is 33.1 Å². The summed E-state index contributed by atoms with van der Waals surface area (Å²) in [6, 6.07) is 2.31. The molecule has 1 atom stereocenters. The number of hydrogen-bond acceptors (Lipinski definition) is 4. The topological polar surface area (TPSA) is 53.3 Å². The second-order valence-corrected chi connectivity index (χ2v) is 5.41. The standard InChI is InChI=1S/C13H22N2O2/c1-13(2,10-14)6-8-15-7-4-5-11(9-15)12(16)17-3/h11H,4-9H2,1-3H3. The number of nitriles is 1. The third-order valence-electron chi connectivity index (χ3n) is 3.40. The van der Waals surface area contributed by atoms with E-state index < -0.39 is 0 Å². The van der Waals surface area contributed by atoms with Crippen LogP contribution >= 0.6 is 0 Å². The molecule has 0 amide bonds. The van der Waals surface area contributed by atoms with Gasteiger partial charge in [-0.1, -0.05) is 0 Å². The van der Waals surface area contributed by atoms with Gasteiger partial charge in [0.2, 0.25) is 0 Å². The molecule has 1 saturated heterocycles. The highest BCUT2D eigenvalue weighted by molar-refractivity contribution is 5.72. The second kappa shape index (κ2) is 6.02. The predicted molar refractivity (Wildman–Crippen MR) is 65.2 cm³/mol. The van der Waals surface area contributed by atoms with Crippen molar-refractivity contribution in [3.8, 4) is 6.07 Å². The molecule has 0 spiro atoms. The van der Waals surface area contributed by atoms with Gasteiger partial charge in [0.1, 0.15) is 0 Å². The number of piperidine rings is 1. The van der Waals surface area contributed by atoms with Crippen molar-refractivity contribution >= 4 is 5.97 Å². The van der Waals surface area contributed by atoms with E-state index in [1.165, 1.54) is 7.11 Å². The van der Waals surface area contributed by atoms with E-state index >= 15 is 0 Å². The summed E-state index contributed by atoms with van der Waals surface area (Å²) in [5.74, 6) is -0.0896. The van der Waals surface area contributed by atoms with E-state index in [1.807, 2.05) is 13.8 Å². The summed E-state index contributed by atoms with van der Waals surface area (Å²) in [6.07, 6.45) is 2.80. The van der Waals surface area contributed by atoms with Crippen LogP contribution in [0.3, 0.4) is 0 Å². The zero-order chi connectivity index (χ0) is 12.9. The molecule has 4 heteroatoms. The molecule has 0 bridgehead atoms. The van der Waals surface area contributed by atoms with E-state index in [1.54, 1.807) is 0 Å². The molecule has 96 valence electrons. The number of carbonyl (C=O) groups is 1. The number of likely N-dealkylation sites (tertiary alicyclic amines) is 1. The average Bonchev–Trinajstić information content (AvgIpc) is 2.36. The minimum Gasteiger partial charge on any atom is -0.469 e. The maximum atomic E-state index is 11.5. The van der Waals surface area contributed by atoms with E-state index in [0.717, 1.165) is 38.9 Å². The van der Waals surface area contributed by atoms with Crippen LogP contribution in [0.15, 0.2) is 0 Å². The van der Waals surface area contributed by atoms with E-state index in [2.05, 4.69) is 11.0 Å². The molecule has 17 heavy (non-hydrogen) atoms. The summed E-state index contributed by atoms with van der Waals surface area (Å²) in [6.45, 7) is 6.58. The molecule has 0 saturated carbocycles. The molecule has 0 aromatic rings. The highest BCUT2D eigenvalue weighted by Crippen LogP contribution is 2.22. The van der Waals surface area contributed by atoms with Gasteiger partial charge in [0.25, 0.3) is 0 Å². The number of nitrogens with zero attached hydrogens (tertiary/aromatic N) is 2. The Labute approximate surface area is 104 Å².